The molecule has 1 heterocycles. The summed E-state index contributed by atoms with van der Waals surface area (Å²) in [5.41, 5.74) is 1.83. The minimum Gasteiger partial charge on any atom is -0.347 e. The number of primary sulfonamides is 1. The highest BCUT2D eigenvalue weighted by Gasteiger charge is 2.36. The number of rotatable bonds is 14. The molecule has 2 rings (SSSR count). The molecule has 1 aromatic carbocycles. The molecule has 0 unspecified atom stereocenters. The van der Waals surface area contributed by atoms with Crippen molar-refractivity contribution in [3.8, 4) is 0 Å². The molecule has 0 aliphatic carbocycles. The molecule has 5 nitrogen and oxygen atoms in total. The van der Waals surface area contributed by atoms with Crippen molar-refractivity contribution in [2.45, 2.75) is 102 Å². The maximum Gasteiger partial charge on any atom is 0.243 e. The number of piperidine rings is 1. The molecule has 1 aliphatic rings. The first-order chi connectivity index (χ1) is 14.4. The molecule has 0 radical (unpaired) electrons. The molecule has 3 N–H and O–H groups in total. The normalized spacial score (nSPS) is 16.6. The molecule has 0 amide bonds. The van der Waals surface area contributed by atoms with Gasteiger partial charge < -0.3 is 5.11 Å². The van der Waals surface area contributed by atoms with Gasteiger partial charge in [0.25, 0.3) is 0 Å². The number of unbranched alkanes of at least 4 members (excludes halogenated alkanes) is 9. The van der Waals surface area contributed by atoms with E-state index in [9.17, 15) is 13.5 Å². The van der Waals surface area contributed by atoms with Gasteiger partial charge in [-0.2, -0.15) is 0 Å². The van der Waals surface area contributed by atoms with E-state index in [1.54, 1.807) is 6.07 Å². The Bertz CT molecular complexity index is 728. The first kappa shape index (κ1) is 25.3. The van der Waals surface area contributed by atoms with Crippen LogP contribution in [0.15, 0.2) is 23.1 Å². The minimum absolute atomic E-state index is 0.0791. The Morgan fingerprint density at radius 3 is 2.00 bits per heavy atom. The minimum atomic E-state index is -3.82. The lowest BCUT2D eigenvalue weighted by Gasteiger charge is -2.40. The summed E-state index contributed by atoms with van der Waals surface area (Å²) in [5, 5.41) is 15.7. The predicted octanol–water partition coefficient (Wildman–Crippen LogP) is 5.24. The van der Waals surface area contributed by atoms with Crippen LogP contribution in [0, 0.1) is 0 Å². The van der Waals surface area contributed by atoms with E-state index < -0.39 is 10.0 Å². The van der Waals surface area contributed by atoms with Crippen molar-refractivity contribution >= 4 is 15.7 Å². The highest BCUT2D eigenvalue weighted by molar-refractivity contribution is 7.89. The van der Waals surface area contributed by atoms with Crippen LogP contribution in [0.5, 0.6) is 0 Å². The van der Waals surface area contributed by atoms with E-state index in [0.29, 0.717) is 10.2 Å². The largest absolute Gasteiger partial charge is 0.347 e. The number of sulfonamides is 1. The SMILES string of the molecule is CCCCCCCCCCCCc1ccc(S(N)(=O)=O)c([N+]2(CO)CCCCC2)c1. The maximum atomic E-state index is 12.2. The van der Waals surface area contributed by atoms with Gasteiger partial charge in [-0.1, -0.05) is 70.8 Å². The lowest BCUT2D eigenvalue weighted by Crippen LogP contribution is -2.54. The van der Waals surface area contributed by atoms with Crippen molar-refractivity contribution in [1.29, 1.82) is 0 Å². The summed E-state index contributed by atoms with van der Waals surface area (Å²) >= 11 is 0. The molecule has 1 fully saturated rings. The summed E-state index contributed by atoms with van der Waals surface area (Å²) in [6, 6.07) is 5.55. The fraction of sp³-hybridized carbons (Fsp3) is 0.750. The van der Waals surface area contributed by atoms with Crippen LogP contribution in [0.2, 0.25) is 0 Å². The van der Waals surface area contributed by atoms with E-state index in [0.717, 1.165) is 50.8 Å². The van der Waals surface area contributed by atoms with Crippen LogP contribution in [0.3, 0.4) is 0 Å². The monoisotopic (exact) mass is 439 g/mol. The van der Waals surface area contributed by atoms with Gasteiger partial charge in [0.2, 0.25) is 10.0 Å². The molecule has 1 saturated heterocycles. The first-order valence-corrected chi connectivity index (χ1v) is 13.6. The number of nitrogens with two attached hydrogens (primary N) is 1. The van der Waals surface area contributed by atoms with Crippen molar-refractivity contribution < 1.29 is 13.5 Å². The van der Waals surface area contributed by atoms with Crippen LogP contribution in [-0.2, 0) is 16.4 Å². The van der Waals surface area contributed by atoms with Crippen molar-refractivity contribution in [3.05, 3.63) is 23.8 Å². The summed E-state index contributed by atoms with van der Waals surface area (Å²) in [6.07, 6.45) is 17.1. The molecule has 0 atom stereocenters. The Kier molecular flexibility index (Phi) is 10.8. The van der Waals surface area contributed by atoms with Gasteiger partial charge in [-0.25, -0.2) is 13.6 Å². The molecule has 1 aliphatic heterocycles. The lowest BCUT2D eigenvalue weighted by atomic mass is 10.0. The third-order valence-corrected chi connectivity index (χ3v) is 7.56. The van der Waals surface area contributed by atoms with E-state index in [4.69, 9.17) is 5.14 Å². The van der Waals surface area contributed by atoms with Gasteiger partial charge in [0.1, 0.15) is 4.90 Å². The fourth-order valence-electron chi connectivity index (χ4n) is 4.72. The molecule has 0 bridgehead atoms. The van der Waals surface area contributed by atoms with E-state index in [2.05, 4.69) is 6.92 Å². The van der Waals surface area contributed by atoms with Crippen LogP contribution in [0.25, 0.3) is 0 Å². The molecule has 0 spiro atoms. The zero-order valence-electron chi connectivity index (χ0n) is 18.9. The maximum absolute atomic E-state index is 12.2. The Hall–Kier alpha value is -0.950. The molecular formula is C24H43N2O3S+. The number of aliphatic hydroxyl groups is 1. The van der Waals surface area contributed by atoms with Crippen molar-refractivity contribution in [1.82, 2.24) is 4.48 Å². The van der Waals surface area contributed by atoms with Crippen LogP contribution in [-0.4, -0.2) is 33.3 Å². The zero-order chi connectivity index (χ0) is 21.9. The first-order valence-electron chi connectivity index (χ1n) is 12.1. The van der Waals surface area contributed by atoms with E-state index in [1.165, 1.54) is 57.8 Å². The smallest absolute Gasteiger partial charge is 0.243 e. The summed E-state index contributed by atoms with van der Waals surface area (Å²) < 4.78 is 24.7. The summed E-state index contributed by atoms with van der Waals surface area (Å²) in [6.45, 7) is 3.70. The Labute approximate surface area is 184 Å². The van der Waals surface area contributed by atoms with E-state index in [-0.39, 0.29) is 11.6 Å². The highest BCUT2D eigenvalue weighted by Crippen LogP contribution is 2.34. The second-order valence-corrected chi connectivity index (χ2v) is 10.6. The molecule has 172 valence electrons. The molecule has 0 aromatic heterocycles. The van der Waals surface area contributed by atoms with Gasteiger partial charge >= 0.3 is 0 Å². The average molecular weight is 440 g/mol. The third kappa shape index (κ3) is 7.63. The fourth-order valence-corrected chi connectivity index (χ4v) is 5.52. The summed E-state index contributed by atoms with van der Waals surface area (Å²) in [4.78, 5) is 0.172. The zero-order valence-corrected chi connectivity index (χ0v) is 19.8. The standard InChI is InChI=1S/C24H43N2O3S/c1-2-3-4-5-6-7-8-9-10-12-15-22-16-17-24(30(25,28)29)23(20-22)26(21-27)18-13-11-14-19-26/h16-17,20,27H,2-15,18-19,21H2,1H3,(H2,25,28,29)/q+1. The topological polar surface area (TPSA) is 80.4 Å². The molecule has 6 heteroatoms. The molecule has 1 aromatic rings. The number of benzene rings is 1. The van der Waals surface area contributed by atoms with Crippen LogP contribution < -0.4 is 9.62 Å². The van der Waals surface area contributed by atoms with Crippen molar-refractivity contribution in [2.75, 3.05) is 19.8 Å². The number of nitrogens with zero attached hydrogens (tertiary/aromatic N) is 1. The van der Waals surface area contributed by atoms with Gasteiger partial charge in [-0.15, -0.1) is 0 Å². The van der Waals surface area contributed by atoms with E-state index in [1.807, 2.05) is 12.1 Å². The number of likely N-dealkylation sites (tertiary alicyclic amines) is 1. The lowest BCUT2D eigenvalue weighted by molar-refractivity contribution is 0.0911. The number of hydrogen-bond donors (Lipinski definition) is 2. The van der Waals surface area contributed by atoms with Gasteiger partial charge in [0, 0.05) is 6.07 Å². The number of aliphatic hydroxyl groups excluding tert-OH is 1. The Morgan fingerprint density at radius 1 is 0.900 bits per heavy atom. The quantitative estimate of drug-likeness (QED) is 0.307. The second kappa shape index (κ2) is 12.8. The Balaban J connectivity index is 1.92. The Morgan fingerprint density at radius 2 is 1.47 bits per heavy atom. The number of quaternary nitrogens is 1. The highest BCUT2D eigenvalue weighted by atomic mass is 32.2. The van der Waals surface area contributed by atoms with Crippen molar-refractivity contribution in [3.63, 3.8) is 0 Å². The molecular weight excluding hydrogens is 396 g/mol. The second-order valence-electron chi connectivity index (χ2n) is 9.07. The predicted molar refractivity (Wildman–Crippen MR) is 126 cm³/mol. The van der Waals surface area contributed by atoms with Gasteiger partial charge in [0.05, 0.1) is 13.1 Å². The number of aryl methyl sites for hydroxylation is 1. The summed E-state index contributed by atoms with van der Waals surface area (Å²) in [5.74, 6) is 0. The van der Waals surface area contributed by atoms with Crippen LogP contribution in [0.1, 0.15) is 96.0 Å². The van der Waals surface area contributed by atoms with Gasteiger partial charge in [-0.05, 0) is 43.7 Å². The van der Waals surface area contributed by atoms with Crippen LogP contribution >= 0.6 is 0 Å². The average Bonchev–Trinajstić information content (AvgIpc) is 2.74. The third-order valence-electron chi connectivity index (χ3n) is 6.60. The van der Waals surface area contributed by atoms with Crippen molar-refractivity contribution in [2.24, 2.45) is 5.14 Å². The number of hydrogen-bond acceptors (Lipinski definition) is 3. The van der Waals surface area contributed by atoms with Gasteiger partial charge in [0.15, 0.2) is 12.4 Å². The van der Waals surface area contributed by atoms with Crippen LogP contribution in [0.4, 0.5) is 5.69 Å². The van der Waals surface area contributed by atoms with E-state index >= 15 is 0 Å². The molecule has 0 saturated carbocycles. The summed E-state index contributed by atoms with van der Waals surface area (Å²) in [7, 11) is -3.82. The van der Waals surface area contributed by atoms with Gasteiger partial charge in [-0.3, -0.25) is 4.48 Å². The molecule has 30 heavy (non-hydrogen) atoms.